The highest BCUT2D eigenvalue weighted by molar-refractivity contribution is 5.96. The monoisotopic (exact) mass is 581 g/mol. The molecule has 2 amide bonds. The van der Waals surface area contributed by atoms with Gasteiger partial charge in [-0.05, 0) is 80.8 Å². The van der Waals surface area contributed by atoms with E-state index in [1.807, 2.05) is 12.1 Å². The van der Waals surface area contributed by atoms with E-state index in [-0.39, 0.29) is 23.7 Å². The van der Waals surface area contributed by atoms with Crippen LogP contribution in [-0.2, 0) is 16.0 Å². The number of urea groups is 1. The smallest absolute Gasteiger partial charge is 0.475 e. The van der Waals surface area contributed by atoms with Crippen LogP contribution >= 0.6 is 0 Å². The quantitative estimate of drug-likeness (QED) is 0.309. The molecule has 2 aliphatic heterocycles. The third-order valence-corrected chi connectivity index (χ3v) is 7.12. The number of alkyl halides is 3. The van der Waals surface area contributed by atoms with Gasteiger partial charge in [0.15, 0.2) is 5.78 Å². The maximum absolute atomic E-state index is 13.2. The van der Waals surface area contributed by atoms with Gasteiger partial charge in [-0.3, -0.25) is 4.79 Å². The highest BCUT2D eigenvalue weighted by Gasteiger charge is 2.38. The van der Waals surface area contributed by atoms with Crippen molar-refractivity contribution in [2.45, 2.75) is 44.8 Å². The van der Waals surface area contributed by atoms with E-state index in [2.05, 4.69) is 15.5 Å². The Bertz CT molecular complexity index is 1180. The van der Waals surface area contributed by atoms with Crippen molar-refractivity contribution in [1.29, 1.82) is 0 Å². The van der Waals surface area contributed by atoms with E-state index in [1.54, 1.807) is 24.3 Å². The molecule has 3 N–H and O–H groups in total. The molecule has 224 valence electrons. The van der Waals surface area contributed by atoms with Gasteiger partial charge in [-0.25, -0.2) is 14.0 Å². The lowest BCUT2D eigenvalue weighted by Gasteiger charge is -2.39. The van der Waals surface area contributed by atoms with E-state index < -0.39 is 12.1 Å². The fourth-order valence-electron chi connectivity index (χ4n) is 5.08. The fraction of sp³-hybridized carbons (Fsp3) is 0.483. The van der Waals surface area contributed by atoms with Crippen LogP contribution in [0.2, 0.25) is 0 Å². The molecule has 2 fully saturated rings. The predicted molar refractivity (Wildman–Crippen MR) is 144 cm³/mol. The van der Waals surface area contributed by atoms with Gasteiger partial charge in [-0.15, -0.1) is 0 Å². The molecule has 0 unspecified atom stereocenters. The minimum Gasteiger partial charge on any atom is -0.475 e. The summed E-state index contributed by atoms with van der Waals surface area (Å²) in [7, 11) is 0. The van der Waals surface area contributed by atoms with Crippen LogP contribution in [0.3, 0.4) is 0 Å². The van der Waals surface area contributed by atoms with Crippen molar-refractivity contribution in [1.82, 2.24) is 10.2 Å². The Morgan fingerprint density at radius 1 is 1.10 bits per heavy atom. The molecule has 41 heavy (non-hydrogen) atoms. The van der Waals surface area contributed by atoms with Crippen molar-refractivity contribution in [3.05, 3.63) is 65.5 Å². The fourth-order valence-corrected chi connectivity index (χ4v) is 5.08. The first-order chi connectivity index (χ1) is 19.4. The number of carbonyl (C=O) groups is 3. The molecular formula is C29H35F4N3O5. The number of anilines is 1. The van der Waals surface area contributed by atoms with E-state index in [9.17, 15) is 27.2 Å². The third kappa shape index (κ3) is 10.8. The van der Waals surface area contributed by atoms with E-state index in [0.717, 1.165) is 38.9 Å². The maximum atomic E-state index is 13.2. The van der Waals surface area contributed by atoms with E-state index in [0.29, 0.717) is 36.3 Å². The number of carbonyl (C=O) groups excluding carboxylic acids is 2. The number of hydrogen-bond donors (Lipinski definition) is 3. The first-order valence-electron chi connectivity index (χ1n) is 13.4. The number of benzene rings is 2. The molecule has 2 aliphatic rings. The van der Waals surface area contributed by atoms with Gasteiger partial charge >= 0.3 is 18.2 Å². The molecule has 0 aromatic heterocycles. The highest BCUT2D eigenvalue weighted by atomic mass is 19.4. The number of piperidine rings is 1. The van der Waals surface area contributed by atoms with Gasteiger partial charge in [0.25, 0.3) is 0 Å². The van der Waals surface area contributed by atoms with Crippen LogP contribution in [0.4, 0.5) is 28.0 Å². The van der Waals surface area contributed by atoms with E-state index in [4.69, 9.17) is 14.6 Å². The summed E-state index contributed by atoms with van der Waals surface area (Å²) in [5.74, 6) is -2.12. The number of halogens is 4. The molecule has 2 aromatic rings. The molecule has 2 saturated heterocycles. The number of carboxylic acids is 1. The van der Waals surface area contributed by atoms with Gasteiger partial charge in [-0.1, -0.05) is 24.3 Å². The molecular weight excluding hydrogens is 546 g/mol. The van der Waals surface area contributed by atoms with Crippen LogP contribution in [0.1, 0.15) is 42.1 Å². The number of nitrogens with one attached hydrogen (secondary N) is 2. The van der Waals surface area contributed by atoms with Crippen molar-refractivity contribution in [3.8, 4) is 0 Å². The summed E-state index contributed by atoms with van der Waals surface area (Å²) in [5, 5.41) is 13.1. The second kappa shape index (κ2) is 14.9. The minimum atomic E-state index is -5.08. The summed E-state index contributed by atoms with van der Waals surface area (Å²) in [6, 6.07) is 13.5. The van der Waals surface area contributed by atoms with Gasteiger partial charge in [0, 0.05) is 30.9 Å². The minimum absolute atomic E-state index is 0.0379. The average Bonchev–Trinajstić information content (AvgIpc) is 2.91. The molecule has 2 heterocycles. The number of amides is 2. The summed E-state index contributed by atoms with van der Waals surface area (Å²) < 4.78 is 50.6. The van der Waals surface area contributed by atoms with Gasteiger partial charge in [-0.2, -0.15) is 13.2 Å². The Hall–Kier alpha value is -3.51. The van der Waals surface area contributed by atoms with E-state index in [1.165, 1.54) is 31.0 Å². The standard InChI is InChI=1S/C27H34FN3O3.C2HF3O2/c1-19(32)22-5-2-6-25(15-22)29-27(33)30-26-18-34-13-11-23(26)17-31-12-3-4-21(16-31)14-20-7-9-24(28)10-8-20;3-2(4,5)1(6)7/h2,5-10,15,21,23,26H,3-4,11-14,16-18H2,1H3,(H2,29,30,33);(H,6,7)/t21-,23-,26+;/m0./s1. The van der Waals surface area contributed by atoms with Crippen molar-refractivity contribution in [2.24, 2.45) is 11.8 Å². The molecule has 0 radical (unpaired) electrons. The Labute approximate surface area is 236 Å². The molecule has 0 saturated carbocycles. The number of carboxylic acid groups (broad SMARTS) is 1. The van der Waals surface area contributed by atoms with Gasteiger partial charge in [0.1, 0.15) is 5.82 Å². The molecule has 12 heteroatoms. The second-order valence-electron chi connectivity index (χ2n) is 10.4. The number of aliphatic carboxylic acids is 1. The first kappa shape index (κ1) is 32.0. The molecule has 8 nitrogen and oxygen atoms in total. The SMILES string of the molecule is CC(=O)c1cccc(NC(=O)N[C@@H]2COCC[C@H]2CN2CCC[C@@H](Cc3ccc(F)cc3)C2)c1.O=C(O)C(F)(F)F. The van der Waals surface area contributed by atoms with Crippen LogP contribution in [0.15, 0.2) is 48.5 Å². The normalized spacial score (nSPS) is 21.2. The number of Topliss-reactive ketones (excluding diaryl/α,β-unsaturated/α-hetero) is 1. The number of hydrogen-bond acceptors (Lipinski definition) is 5. The number of ether oxygens (including phenoxy) is 1. The van der Waals surface area contributed by atoms with Crippen molar-refractivity contribution < 1.29 is 41.8 Å². The Balaban J connectivity index is 0.000000587. The second-order valence-corrected chi connectivity index (χ2v) is 10.4. The molecule has 0 bridgehead atoms. The molecule has 0 spiro atoms. The number of nitrogens with zero attached hydrogens (tertiary/aromatic N) is 1. The Morgan fingerprint density at radius 3 is 2.46 bits per heavy atom. The highest BCUT2D eigenvalue weighted by Crippen LogP contribution is 2.25. The maximum Gasteiger partial charge on any atom is 0.490 e. The topological polar surface area (TPSA) is 108 Å². The summed E-state index contributed by atoms with van der Waals surface area (Å²) in [6.07, 6.45) is -0.872. The van der Waals surface area contributed by atoms with Crippen molar-refractivity contribution in [2.75, 3.05) is 38.2 Å². The third-order valence-electron chi connectivity index (χ3n) is 7.12. The van der Waals surface area contributed by atoms with Crippen molar-refractivity contribution in [3.63, 3.8) is 0 Å². The predicted octanol–water partition coefficient (Wildman–Crippen LogP) is 5.14. The summed E-state index contributed by atoms with van der Waals surface area (Å²) >= 11 is 0. The zero-order valence-electron chi connectivity index (χ0n) is 22.8. The van der Waals surface area contributed by atoms with Crippen LogP contribution < -0.4 is 10.6 Å². The lowest BCUT2D eigenvalue weighted by Crippen LogP contribution is -2.52. The molecule has 4 rings (SSSR count). The van der Waals surface area contributed by atoms with Crippen molar-refractivity contribution >= 4 is 23.5 Å². The van der Waals surface area contributed by atoms with Crippen LogP contribution in [0, 0.1) is 17.7 Å². The zero-order valence-corrected chi connectivity index (χ0v) is 22.8. The lowest BCUT2D eigenvalue weighted by molar-refractivity contribution is -0.192. The van der Waals surface area contributed by atoms with E-state index >= 15 is 0 Å². The largest absolute Gasteiger partial charge is 0.490 e. The van der Waals surface area contributed by atoms with Crippen LogP contribution in [-0.4, -0.2) is 72.9 Å². The zero-order chi connectivity index (χ0) is 30.0. The van der Waals surface area contributed by atoms with Gasteiger partial charge in [0.2, 0.25) is 0 Å². The number of rotatable bonds is 7. The number of likely N-dealkylation sites (tertiary alicyclic amines) is 1. The average molecular weight is 582 g/mol. The Morgan fingerprint density at radius 2 is 1.80 bits per heavy atom. The first-order valence-corrected chi connectivity index (χ1v) is 13.4. The Kier molecular flexibility index (Phi) is 11.7. The summed E-state index contributed by atoms with van der Waals surface area (Å²) in [5.41, 5.74) is 2.35. The summed E-state index contributed by atoms with van der Waals surface area (Å²) in [4.78, 5) is 35.7. The molecule has 0 aliphatic carbocycles. The molecule has 3 atom stereocenters. The summed E-state index contributed by atoms with van der Waals surface area (Å²) in [6.45, 7) is 5.72. The van der Waals surface area contributed by atoms with Gasteiger partial charge < -0.3 is 25.4 Å². The van der Waals surface area contributed by atoms with Crippen LogP contribution in [0.5, 0.6) is 0 Å². The van der Waals surface area contributed by atoms with Gasteiger partial charge in [0.05, 0.1) is 12.6 Å². The molecule has 2 aromatic carbocycles. The van der Waals surface area contributed by atoms with Crippen LogP contribution in [0.25, 0.3) is 0 Å². The lowest BCUT2D eigenvalue weighted by atomic mass is 9.89. The number of ketones is 1.